The average molecular weight is 424 g/mol. The van der Waals surface area contributed by atoms with Crippen LogP contribution in [0.4, 0.5) is 0 Å². The molecule has 2 bridgehead atoms. The van der Waals surface area contributed by atoms with Gasteiger partial charge in [0.25, 0.3) is 0 Å². The number of carbonyl (C=O) groups excluding carboxylic acids is 2. The third kappa shape index (κ3) is 4.14. The van der Waals surface area contributed by atoms with Gasteiger partial charge in [0, 0.05) is 16.5 Å². The quantitative estimate of drug-likeness (QED) is 0.503. The fraction of sp³-hybridized carbons (Fsp3) is 0.391. The Morgan fingerprint density at radius 1 is 1.00 bits per heavy atom. The minimum Gasteiger partial charge on any atom is -0.461 e. The number of benzene rings is 2. The summed E-state index contributed by atoms with van der Waals surface area (Å²) in [5.41, 5.74) is 0.966. The molecule has 2 aromatic rings. The van der Waals surface area contributed by atoms with Crippen molar-refractivity contribution in [3.05, 3.63) is 71.8 Å². The first-order valence-corrected chi connectivity index (χ1v) is 11.2. The van der Waals surface area contributed by atoms with Crippen LogP contribution in [0.1, 0.15) is 24.5 Å². The molecule has 0 spiro atoms. The zero-order valence-corrected chi connectivity index (χ0v) is 18.0. The van der Waals surface area contributed by atoms with Gasteiger partial charge in [-0.05, 0) is 11.1 Å². The van der Waals surface area contributed by atoms with Crippen molar-refractivity contribution < 1.29 is 23.8 Å². The van der Waals surface area contributed by atoms with Gasteiger partial charge >= 0.3 is 11.9 Å². The lowest BCUT2D eigenvalue weighted by Gasteiger charge is -2.35. The Labute approximate surface area is 181 Å². The molecule has 2 fully saturated rings. The van der Waals surface area contributed by atoms with Gasteiger partial charge in [-0.1, -0.05) is 67.6 Å². The predicted octanol–water partition coefficient (Wildman–Crippen LogP) is 2.71. The zero-order chi connectivity index (χ0) is 21.1. The van der Waals surface area contributed by atoms with Crippen molar-refractivity contribution in [3.8, 4) is 0 Å². The van der Waals surface area contributed by atoms with Crippen LogP contribution in [0, 0.1) is 5.92 Å². The fourth-order valence-corrected chi connectivity index (χ4v) is 6.15. The molecule has 0 radical (unpaired) electrons. The van der Waals surface area contributed by atoms with E-state index in [1.54, 1.807) is 11.8 Å². The lowest BCUT2D eigenvalue weighted by atomic mass is 9.80. The van der Waals surface area contributed by atoms with Crippen LogP contribution in [0.2, 0.25) is 0 Å². The fourth-order valence-electron chi connectivity index (χ4n) is 4.39. The number of fused-ring (bicyclic) bond motifs is 2. The third-order valence-corrected chi connectivity index (χ3v) is 7.69. The number of rotatable bonds is 7. The average Bonchev–Trinajstić information content (AvgIpc) is 3.19. The van der Waals surface area contributed by atoms with Gasteiger partial charge in [0.05, 0.1) is 6.42 Å². The number of hydrogen-bond donors (Lipinski definition) is 0. The van der Waals surface area contributed by atoms with Crippen molar-refractivity contribution in [1.82, 2.24) is 0 Å². The molecule has 0 aliphatic carbocycles. The Morgan fingerprint density at radius 2 is 1.57 bits per heavy atom. The van der Waals surface area contributed by atoms with E-state index in [1.807, 2.05) is 75.4 Å². The van der Waals surface area contributed by atoms with Crippen molar-refractivity contribution in [3.63, 3.8) is 0 Å². The van der Waals surface area contributed by atoms with Gasteiger partial charge in [-0.2, -0.15) is 0 Å². The number of thioether (sulfide) groups is 1. The Hall–Kier alpha value is -2.25. The molecular formula is C23H25BO5S. The van der Waals surface area contributed by atoms with Gasteiger partial charge in [-0.3, -0.25) is 9.59 Å². The van der Waals surface area contributed by atoms with Crippen molar-refractivity contribution in [2.24, 2.45) is 5.92 Å². The molecule has 2 saturated heterocycles. The van der Waals surface area contributed by atoms with Crippen molar-refractivity contribution in [2.75, 3.05) is 0 Å². The predicted molar refractivity (Wildman–Crippen MR) is 118 cm³/mol. The van der Waals surface area contributed by atoms with E-state index in [0.29, 0.717) is 0 Å². The summed E-state index contributed by atoms with van der Waals surface area (Å²) in [6.45, 7) is 2.43. The Bertz CT molecular complexity index is 893. The summed E-state index contributed by atoms with van der Waals surface area (Å²) in [6, 6.07) is 19.0. The molecule has 5 nitrogen and oxygen atoms in total. The Morgan fingerprint density at radius 3 is 2.17 bits per heavy atom. The van der Waals surface area contributed by atoms with Gasteiger partial charge in [-0.25, -0.2) is 0 Å². The first kappa shape index (κ1) is 21.0. The lowest BCUT2D eigenvalue weighted by Crippen LogP contribution is -2.47. The van der Waals surface area contributed by atoms with Gasteiger partial charge in [0.1, 0.15) is 32.6 Å². The van der Waals surface area contributed by atoms with Crippen LogP contribution in [0.5, 0.6) is 0 Å². The largest absolute Gasteiger partial charge is 0.461 e. The Balaban J connectivity index is 1.44. The molecule has 5 atom stereocenters. The number of carbonyl (C=O) groups is 2. The van der Waals surface area contributed by atoms with E-state index in [0.717, 1.165) is 11.1 Å². The molecule has 2 unspecified atom stereocenters. The molecule has 0 amide bonds. The van der Waals surface area contributed by atoms with E-state index in [2.05, 4.69) is 0 Å². The molecule has 7 heteroatoms. The van der Waals surface area contributed by atoms with Crippen LogP contribution >= 0.6 is 11.8 Å². The van der Waals surface area contributed by atoms with Crippen LogP contribution in [-0.4, -0.2) is 41.9 Å². The highest BCUT2D eigenvalue weighted by Gasteiger charge is 2.66. The second-order valence-electron chi connectivity index (χ2n) is 7.91. The first-order valence-electron chi connectivity index (χ1n) is 10.2. The Kier molecular flexibility index (Phi) is 6.20. The van der Waals surface area contributed by atoms with Crippen molar-refractivity contribution in [2.45, 2.75) is 48.7 Å². The highest BCUT2D eigenvalue weighted by atomic mass is 32.2. The van der Waals surface area contributed by atoms with Crippen LogP contribution in [0.15, 0.2) is 60.7 Å². The van der Waals surface area contributed by atoms with E-state index in [9.17, 15) is 9.59 Å². The first-order chi connectivity index (χ1) is 14.5. The molecule has 2 aliphatic heterocycles. The molecule has 4 rings (SSSR count). The van der Waals surface area contributed by atoms with Crippen LogP contribution in [0.25, 0.3) is 0 Å². The summed E-state index contributed by atoms with van der Waals surface area (Å²) in [4.78, 5) is 25.8. The summed E-state index contributed by atoms with van der Waals surface area (Å²) >= 11 is 1.70. The number of esters is 2. The highest BCUT2D eigenvalue weighted by molar-refractivity contribution is 8.01. The van der Waals surface area contributed by atoms with Crippen LogP contribution in [0.3, 0.4) is 0 Å². The molecule has 30 heavy (non-hydrogen) atoms. The third-order valence-electron chi connectivity index (χ3n) is 5.91. The molecule has 2 aromatic carbocycles. The minimum absolute atomic E-state index is 0.00255. The number of ether oxygens (including phenoxy) is 3. The highest BCUT2D eigenvalue weighted by Crippen LogP contribution is 2.57. The van der Waals surface area contributed by atoms with Gasteiger partial charge in [-0.15, -0.1) is 11.8 Å². The van der Waals surface area contributed by atoms with Crippen molar-refractivity contribution in [1.29, 1.82) is 0 Å². The standard InChI is InChI=1S/C23H25BO5S/c1-15-23(12-18(25)27-13-16-8-4-2-5-9-16)19(20(30-15)21(24)29-23)22(26)28-14-17-10-6-3-7-11-17/h2-11,15,19-21H,12-14,24H2,1H3/t15-,19?,20?,21-,23+/m1/s1. The monoisotopic (exact) mass is 424 g/mol. The maximum absolute atomic E-state index is 13.1. The normalized spacial score (nSPS) is 29.5. The number of hydrogen-bond acceptors (Lipinski definition) is 6. The van der Waals surface area contributed by atoms with Crippen molar-refractivity contribution >= 4 is 31.5 Å². The summed E-state index contributed by atoms with van der Waals surface area (Å²) in [5.74, 6) is -1.15. The second-order valence-corrected chi connectivity index (χ2v) is 9.44. The molecular weight excluding hydrogens is 399 g/mol. The summed E-state index contributed by atoms with van der Waals surface area (Å²) in [5, 5.41) is -0.0255. The molecule has 2 aliphatic rings. The zero-order valence-electron chi connectivity index (χ0n) is 17.2. The SMILES string of the molecule is B[C@@H]1O[C@]2(CC(=O)OCc3ccccc3)C(C(=O)OCc3ccccc3)C1S[C@@H]2C. The van der Waals surface area contributed by atoms with E-state index in [4.69, 9.17) is 14.2 Å². The van der Waals surface area contributed by atoms with Gasteiger partial charge < -0.3 is 14.2 Å². The summed E-state index contributed by atoms with van der Waals surface area (Å²) in [6.07, 6.45) is 0.0416. The lowest BCUT2D eigenvalue weighted by molar-refractivity contribution is -0.162. The van der Waals surface area contributed by atoms with Gasteiger partial charge in [0.15, 0.2) is 0 Å². The molecule has 0 N–H and O–H groups in total. The van der Waals surface area contributed by atoms with E-state index >= 15 is 0 Å². The topological polar surface area (TPSA) is 61.8 Å². The molecule has 0 aromatic heterocycles. The van der Waals surface area contributed by atoms with E-state index in [-0.39, 0.29) is 48.1 Å². The second kappa shape index (κ2) is 8.86. The maximum atomic E-state index is 13.1. The maximum Gasteiger partial charge on any atom is 0.313 e. The van der Waals surface area contributed by atoms with Gasteiger partial charge in [0.2, 0.25) is 0 Å². The van der Waals surface area contributed by atoms with E-state index in [1.165, 1.54) is 0 Å². The minimum atomic E-state index is -0.893. The van der Waals surface area contributed by atoms with Crippen LogP contribution in [-0.2, 0) is 37.0 Å². The molecule has 2 heterocycles. The van der Waals surface area contributed by atoms with Crippen LogP contribution < -0.4 is 0 Å². The molecule has 156 valence electrons. The summed E-state index contributed by atoms with van der Waals surface area (Å²) in [7, 11) is 1.96. The van der Waals surface area contributed by atoms with E-state index < -0.39 is 11.5 Å². The smallest absolute Gasteiger partial charge is 0.313 e. The summed E-state index contributed by atoms with van der Waals surface area (Å²) < 4.78 is 17.4. The molecule has 0 saturated carbocycles.